The van der Waals surface area contributed by atoms with E-state index in [1.807, 2.05) is 18.2 Å². The van der Waals surface area contributed by atoms with Crippen LogP contribution in [0.1, 0.15) is 43.4 Å². The van der Waals surface area contributed by atoms with Crippen molar-refractivity contribution in [1.29, 1.82) is 5.26 Å². The number of unbranched alkanes of at least 4 members (excludes halogenated alkanes) is 1. The predicted octanol–water partition coefficient (Wildman–Crippen LogP) is 2.79. The van der Waals surface area contributed by atoms with Gasteiger partial charge in [-0.1, -0.05) is 25.5 Å². The first-order valence-corrected chi connectivity index (χ1v) is 6.52. The molecule has 0 spiro atoms. The van der Waals surface area contributed by atoms with E-state index in [0.29, 0.717) is 18.0 Å². The van der Waals surface area contributed by atoms with Gasteiger partial charge in [-0.2, -0.15) is 5.26 Å². The first kappa shape index (κ1) is 15.2. The van der Waals surface area contributed by atoms with Crippen LogP contribution in [0.2, 0.25) is 0 Å². The van der Waals surface area contributed by atoms with Crippen molar-refractivity contribution in [2.75, 3.05) is 13.7 Å². The Morgan fingerprint density at radius 1 is 1.53 bits per heavy atom. The molecule has 4 heteroatoms. The highest BCUT2D eigenvalue weighted by Crippen LogP contribution is 2.19. The molecule has 0 bridgehead atoms. The monoisotopic (exact) mass is 259 g/mol. The quantitative estimate of drug-likeness (QED) is 0.604. The second-order valence-corrected chi connectivity index (χ2v) is 4.43. The molecule has 1 unspecified atom stereocenters. The lowest BCUT2D eigenvalue weighted by atomic mass is 10.1. The molecule has 0 radical (unpaired) electrons. The van der Waals surface area contributed by atoms with Gasteiger partial charge in [-0.05, 0) is 24.1 Å². The van der Waals surface area contributed by atoms with Crippen LogP contribution in [0.4, 0.5) is 0 Å². The van der Waals surface area contributed by atoms with E-state index in [9.17, 15) is 0 Å². The van der Waals surface area contributed by atoms with Crippen LogP contribution < -0.4 is 5.73 Å². The van der Waals surface area contributed by atoms with Crippen LogP contribution in [0.25, 0.3) is 0 Å². The van der Waals surface area contributed by atoms with Gasteiger partial charge in [-0.15, -0.1) is 0 Å². The maximum Gasteiger partial charge on any atom is 0.100 e. The van der Waals surface area contributed by atoms with Gasteiger partial charge in [0, 0.05) is 13.5 Å². The van der Waals surface area contributed by atoms with Gasteiger partial charge < -0.3 is 10.5 Å². The van der Waals surface area contributed by atoms with Crippen LogP contribution in [-0.2, 0) is 4.74 Å². The van der Waals surface area contributed by atoms with Gasteiger partial charge in [-0.25, -0.2) is 0 Å². The van der Waals surface area contributed by atoms with E-state index in [2.05, 4.69) is 18.0 Å². The summed E-state index contributed by atoms with van der Waals surface area (Å²) in [6.07, 6.45) is 2.93. The predicted molar refractivity (Wildman–Crippen MR) is 76.9 cm³/mol. The van der Waals surface area contributed by atoms with E-state index in [1.54, 1.807) is 13.2 Å². The number of ether oxygens (including phenoxy) is 1. The zero-order valence-corrected chi connectivity index (χ0v) is 11.6. The average molecular weight is 259 g/mol. The number of nitrogens with two attached hydrogens (primary N) is 1. The highest BCUT2D eigenvalue weighted by molar-refractivity contribution is 5.80. The number of methoxy groups -OCH3 is 1. The van der Waals surface area contributed by atoms with Crippen molar-refractivity contribution in [3.63, 3.8) is 0 Å². The van der Waals surface area contributed by atoms with Gasteiger partial charge in [0.2, 0.25) is 0 Å². The van der Waals surface area contributed by atoms with E-state index in [4.69, 9.17) is 15.7 Å². The summed E-state index contributed by atoms with van der Waals surface area (Å²) in [7, 11) is 1.64. The van der Waals surface area contributed by atoms with Crippen LogP contribution in [0.3, 0.4) is 0 Å². The third-order valence-corrected chi connectivity index (χ3v) is 2.83. The number of hydrogen-bond donors (Lipinski definition) is 1. The summed E-state index contributed by atoms with van der Waals surface area (Å²) in [5, 5.41) is 8.93. The summed E-state index contributed by atoms with van der Waals surface area (Å²) in [5.41, 5.74) is 7.51. The molecule has 102 valence electrons. The molecule has 0 saturated heterocycles. The minimum atomic E-state index is -0.143. The molecule has 19 heavy (non-hydrogen) atoms. The molecule has 0 aromatic heterocycles. The lowest BCUT2D eigenvalue weighted by molar-refractivity contribution is 0.181. The fourth-order valence-electron chi connectivity index (χ4n) is 1.80. The molecule has 1 aromatic rings. The Bertz CT molecular complexity index is 463. The molecule has 1 rings (SSSR count). The van der Waals surface area contributed by atoms with Crippen LogP contribution in [-0.4, -0.2) is 19.6 Å². The number of amidine groups is 1. The Hall–Kier alpha value is -1.86. The molecule has 0 aliphatic rings. The fourth-order valence-corrected chi connectivity index (χ4v) is 1.80. The van der Waals surface area contributed by atoms with Crippen molar-refractivity contribution in [3.05, 3.63) is 35.4 Å². The van der Waals surface area contributed by atoms with Gasteiger partial charge >= 0.3 is 0 Å². The maximum absolute atomic E-state index is 8.93. The average Bonchev–Trinajstić information content (AvgIpc) is 2.44. The molecular weight excluding hydrogens is 238 g/mol. The minimum Gasteiger partial charge on any atom is -0.387 e. The molecule has 0 amide bonds. The minimum absolute atomic E-state index is 0.143. The van der Waals surface area contributed by atoms with E-state index < -0.39 is 0 Å². The van der Waals surface area contributed by atoms with E-state index in [1.165, 1.54) is 0 Å². The van der Waals surface area contributed by atoms with E-state index >= 15 is 0 Å². The van der Waals surface area contributed by atoms with Crippen LogP contribution in [0.15, 0.2) is 29.3 Å². The van der Waals surface area contributed by atoms with Crippen molar-refractivity contribution in [2.45, 2.75) is 32.2 Å². The summed E-state index contributed by atoms with van der Waals surface area (Å²) in [4.78, 5) is 4.51. The Kier molecular flexibility index (Phi) is 6.62. The molecule has 0 saturated carbocycles. The summed E-state index contributed by atoms with van der Waals surface area (Å²) in [6.45, 7) is 2.58. The summed E-state index contributed by atoms with van der Waals surface area (Å²) >= 11 is 0. The molecule has 0 heterocycles. The summed E-state index contributed by atoms with van der Waals surface area (Å²) < 4.78 is 5.19. The lowest BCUT2D eigenvalue weighted by Gasteiger charge is -2.13. The van der Waals surface area contributed by atoms with E-state index in [0.717, 1.165) is 24.8 Å². The fraction of sp³-hybridized carbons (Fsp3) is 0.467. The number of hydrogen-bond acceptors (Lipinski definition) is 3. The first-order valence-electron chi connectivity index (χ1n) is 6.52. The van der Waals surface area contributed by atoms with Crippen molar-refractivity contribution in [2.24, 2.45) is 10.7 Å². The maximum atomic E-state index is 8.93. The second kappa shape index (κ2) is 8.28. The van der Waals surface area contributed by atoms with Gasteiger partial charge in [0.1, 0.15) is 6.04 Å². The molecular formula is C15H21N3O. The largest absolute Gasteiger partial charge is 0.387 e. The molecule has 4 nitrogen and oxygen atoms in total. The molecule has 0 fully saturated rings. The zero-order valence-electron chi connectivity index (χ0n) is 11.6. The number of benzene rings is 1. The third-order valence-electron chi connectivity index (χ3n) is 2.83. The second-order valence-electron chi connectivity index (χ2n) is 4.43. The first-order chi connectivity index (χ1) is 9.21. The third kappa shape index (κ3) is 5.11. The van der Waals surface area contributed by atoms with Gasteiger partial charge in [-0.3, -0.25) is 4.99 Å². The lowest BCUT2D eigenvalue weighted by Crippen LogP contribution is -2.15. The number of nitrogens with zero attached hydrogens (tertiary/aromatic N) is 2. The zero-order chi connectivity index (χ0) is 14.1. The molecule has 1 aromatic carbocycles. The normalized spacial score (nSPS) is 13.0. The van der Waals surface area contributed by atoms with Crippen molar-refractivity contribution >= 4 is 5.84 Å². The summed E-state index contributed by atoms with van der Waals surface area (Å²) in [6, 6.07) is 9.40. The van der Waals surface area contributed by atoms with Crippen LogP contribution >= 0.6 is 0 Å². The molecule has 2 N–H and O–H groups in total. The van der Waals surface area contributed by atoms with Crippen molar-refractivity contribution < 1.29 is 4.74 Å². The molecule has 0 aliphatic carbocycles. The standard InChI is InChI=1S/C15H21N3O/c1-3-4-8-15(17)18-14(11-19-2)13-7-5-6-12(9-13)10-16/h5-7,9,14H,3-4,8,11H2,1-2H3,(H2,17,18). The van der Waals surface area contributed by atoms with Crippen LogP contribution in [0.5, 0.6) is 0 Å². The van der Waals surface area contributed by atoms with Gasteiger partial charge in [0.05, 0.1) is 24.1 Å². The number of aliphatic imine (C=N–C) groups is 1. The van der Waals surface area contributed by atoms with Crippen molar-refractivity contribution in [3.8, 4) is 6.07 Å². The summed E-state index contributed by atoms with van der Waals surface area (Å²) in [5.74, 6) is 0.645. The number of rotatable bonds is 7. The Morgan fingerprint density at radius 3 is 2.95 bits per heavy atom. The molecule has 0 aliphatic heterocycles. The Labute approximate surface area is 114 Å². The Balaban J connectivity index is 2.90. The van der Waals surface area contributed by atoms with E-state index in [-0.39, 0.29) is 6.04 Å². The Morgan fingerprint density at radius 2 is 2.32 bits per heavy atom. The number of nitriles is 1. The SMILES string of the molecule is CCCCC(N)=NC(COC)c1cccc(C#N)c1. The topological polar surface area (TPSA) is 71.4 Å². The molecule has 1 atom stereocenters. The highest BCUT2D eigenvalue weighted by Gasteiger charge is 2.11. The van der Waals surface area contributed by atoms with Crippen molar-refractivity contribution in [1.82, 2.24) is 0 Å². The van der Waals surface area contributed by atoms with Gasteiger partial charge in [0.25, 0.3) is 0 Å². The van der Waals surface area contributed by atoms with Crippen LogP contribution in [0, 0.1) is 11.3 Å². The highest BCUT2D eigenvalue weighted by atomic mass is 16.5. The van der Waals surface area contributed by atoms with Gasteiger partial charge in [0.15, 0.2) is 0 Å². The smallest absolute Gasteiger partial charge is 0.100 e.